The Hall–Kier alpha value is -2.58. The van der Waals surface area contributed by atoms with E-state index >= 15 is 0 Å². The number of ether oxygens (including phenoxy) is 3. The second kappa shape index (κ2) is 10.4. The normalized spacial score (nSPS) is 21.4. The van der Waals surface area contributed by atoms with Crippen LogP contribution in [0.15, 0.2) is 41.7 Å². The molecule has 1 aromatic heterocycles. The molecular weight excluding hydrogens is 406 g/mol. The first-order valence-corrected chi connectivity index (χ1v) is 11.5. The van der Waals surface area contributed by atoms with Crippen molar-refractivity contribution in [3.63, 3.8) is 0 Å². The Morgan fingerprint density at radius 1 is 1.25 bits per heavy atom. The van der Waals surface area contributed by atoms with Crippen LogP contribution in [0.5, 0.6) is 5.75 Å². The number of hydrogen-bond acceptors (Lipinski definition) is 5. The highest BCUT2D eigenvalue weighted by atomic mass is 16.5. The number of nitrogens with one attached hydrogen (secondary N) is 1. The topological polar surface area (TPSA) is 73.1 Å². The number of guanidine groups is 1. The fraction of sp³-hybridized carbons (Fsp3) is 0.583. The van der Waals surface area contributed by atoms with Gasteiger partial charge in [-0.2, -0.15) is 5.10 Å². The SMILES string of the molecule is CCNC(=NCC1(c2ccc(OC)cc2)CCOCC1)N1CCOC(c2cnn(C)c2)C1. The van der Waals surface area contributed by atoms with Crippen molar-refractivity contribution in [2.45, 2.75) is 31.3 Å². The largest absolute Gasteiger partial charge is 0.497 e. The number of hydrogen-bond donors (Lipinski definition) is 1. The van der Waals surface area contributed by atoms with Gasteiger partial charge in [0.1, 0.15) is 11.9 Å². The molecule has 3 heterocycles. The lowest BCUT2D eigenvalue weighted by Gasteiger charge is -2.38. The van der Waals surface area contributed by atoms with Crippen LogP contribution in [0.4, 0.5) is 0 Å². The van der Waals surface area contributed by atoms with Gasteiger partial charge in [-0.05, 0) is 37.5 Å². The Labute approximate surface area is 190 Å². The van der Waals surface area contributed by atoms with Crippen LogP contribution in [-0.4, -0.2) is 73.7 Å². The van der Waals surface area contributed by atoms with E-state index in [1.54, 1.807) is 7.11 Å². The molecule has 0 bridgehead atoms. The van der Waals surface area contributed by atoms with E-state index in [0.717, 1.165) is 69.5 Å². The number of aliphatic imine (C=N–C) groups is 1. The van der Waals surface area contributed by atoms with Crippen LogP contribution in [0.2, 0.25) is 0 Å². The molecule has 2 aliphatic heterocycles. The summed E-state index contributed by atoms with van der Waals surface area (Å²) in [6.07, 6.45) is 5.84. The molecule has 0 saturated carbocycles. The Bertz CT molecular complexity index is 889. The Morgan fingerprint density at radius 3 is 2.69 bits per heavy atom. The fourth-order valence-corrected chi connectivity index (χ4v) is 4.55. The average Bonchev–Trinajstić information content (AvgIpc) is 3.29. The summed E-state index contributed by atoms with van der Waals surface area (Å²) in [4.78, 5) is 7.46. The van der Waals surface area contributed by atoms with Gasteiger partial charge in [-0.15, -0.1) is 0 Å². The molecule has 1 unspecified atom stereocenters. The van der Waals surface area contributed by atoms with Crippen LogP contribution in [0.1, 0.15) is 37.0 Å². The van der Waals surface area contributed by atoms with E-state index in [0.29, 0.717) is 6.61 Å². The molecule has 1 atom stereocenters. The highest BCUT2D eigenvalue weighted by Gasteiger charge is 2.35. The summed E-state index contributed by atoms with van der Waals surface area (Å²) in [5.74, 6) is 1.83. The van der Waals surface area contributed by atoms with E-state index in [2.05, 4.69) is 34.4 Å². The minimum atomic E-state index is -0.0275. The zero-order valence-electron chi connectivity index (χ0n) is 19.4. The molecule has 0 amide bonds. The molecule has 4 rings (SSSR count). The van der Waals surface area contributed by atoms with Crippen LogP contribution < -0.4 is 10.1 Å². The van der Waals surface area contributed by atoms with Gasteiger partial charge in [0, 0.05) is 50.5 Å². The standard InChI is InChI=1S/C24H35N5O3/c1-4-25-23(29-11-14-32-22(17-29)19-15-27-28(2)16-19)26-18-24(9-12-31-13-10-24)20-5-7-21(30-3)8-6-20/h5-8,15-16,22H,4,9-14,17-18H2,1-3H3,(H,25,26). The summed E-state index contributed by atoms with van der Waals surface area (Å²) >= 11 is 0. The zero-order valence-corrected chi connectivity index (χ0v) is 19.4. The van der Waals surface area contributed by atoms with Crippen molar-refractivity contribution in [2.24, 2.45) is 12.0 Å². The summed E-state index contributed by atoms with van der Waals surface area (Å²) in [6, 6.07) is 8.45. The third kappa shape index (κ3) is 5.07. The molecule has 8 heteroatoms. The predicted octanol–water partition coefficient (Wildman–Crippen LogP) is 2.52. The summed E-state index contributed by atoms with van der Waals surface area (Å²) < 4.78 is 18.9. The van der Waals surface area contributed by atoms with E-state index in [4.69, 9.17) is 19.2 Å². The monoisotopic (exact) mass is 441 g/mol. The van der Waals surface area contributed by atoms with Crippen molar-refractivity contribution < 1.29 is 14.2 Å². The summed E-state index contributed by atoms with van der Waals surface area (Å²) in [6.45, 7) is 7.44. The van der Waals surface area contributed by atoms with Crippen molar-refractivity contribution in [3.8, 4) is 5.75 Å². The van der Waals surface area contributed by atoms with Gasteiger partial charge < -0.3 is 24.4 Å². The van der Waals surface area contributed by atoms with Gasteiger partial charge in [-0.1, -0.05) is 12.1 Å². The number of aromatic nitrogens is 2. The quantitative estimate of drug-likeness (QED) is 0.549. The van der Waals surface area contributed by atoms with E-state index in [1.165, 1.54) is 5.56 Å². The molecule has 32 heavy (non-hydrogen) atoms. The van der Waals surface area contributed by atoms with Crippen LogP contribution >= 0.6 is 0 Å². The van der Waals surface area contributed by atoms with E-state index < -0.39 is 0 Å². The maximum Gasteiger partial charge on any atom is 0.194 e. The van der Waals surface area contributed by atoms with Crippen LogP contribution in [0, 0.1) is 0 Å². The molecule has 2 saturated heterocycles. The second-order valence-corrected chi connectivity index (χ2v) is 8.54. The summed E-state index contributed by atoms with van der Waals surface area (Å²) in [7, 11) is 3.63. The smallest absolute Gasteiger partial charge is 0.194 e. The lowest BCUT2D eigenvalue weighted by atomic mass is 9.74. The van der Waals surface area contributed by atoms with Gasteiger partial charge in [-0.25, -0.2) is 0 Å². The lowest BCUT2D eigenvalue weighted by Crippen LogP contribution is -2.49. The minimum Gasteiger partial charge on any atom is -0.497 e. The van der Waals surface area contributed by atoms with Gasteiger partial charge in [0.05, 0.1) is 33.0 Å². The number of nitrogens with zero attached hydrogens (tertiary/aromatic N) is 4. The van der Waals surface area contributed by atoms with E-state index in [1.807, 2.05) is 36.3 Å². The van der Waals surface area contributed by atoms with Crippen molar-refractivity contribution in [1.82, 2.24) is 20.0 Å². The first-order chi connectivity index (χ1) is 15.6. The molecule has 174 valence electrons. The third-order valence-corrected chi connectivity index (χ3v) is 6.48. The Balaban J connectivity index is 1.54. The second-order valence-electron chi connectivity index (χ2n) is 8.54. The molecule has 0 spiro atoms. The van der Waals surface area contributed by atoms with Gasteiger partial charge in [0.15, 0.2) is 5.96 Å². The Kier molecular flexibility index (Phi) is 7.32. The van der Waals surface area contributed by atoms with Gasteiger partial charge in [0.25, 0.3) is 0 Å². The molecule has 2 fully saturated rings. The van der Waals surface area contributed by atoms with Crippen molar-refractivity contribution in [2.75, 3.05) is 53.1 Å². The lowest BCUT2D eigenvalue weighted by molar-refractivity contribution is -0.00816. The minimum absolute atomic E-state index is 0.0000601. The summed E-state index contributed by atoms with van der Waals surface area (Å²) in [5.41, 5.74) is 2.38. The number of morpholine rings is 1. The zero-order chi connectivity index (χ0) is 22.4. The molecular formula is C24H35N5O3. The third-order valence-electron chi connectivity index (χ3n) is 6.48. The molecule has 0 radical (unpaired) electrons. The van der Waals surface area contributed by atoms with E-state index in [9.17, 15) is 0 Å². The summed E-state index contributed by atoms with van der Waals surface area (Å²) in [5, 5.41) is 7.81. The van der Waals surface area contributed by atoms with E-state index in [-0.39, 0.29) is 11.5 Å². The Morgan fingerprint density at radius 2 is 2.03 bits per heavy atom. The molecule has 2 aromatic rings. The average molecular weight is 442 g/mol. The first kappa shape index (κ1) is 22.6. The van der Waals surface area contributed by atoms with Gasteiger partial charge in [-0.3, -0.25) is 9.67 Å². The molecule has 1 aromatic carbocycles. The molecule has 0 aliphatic carbocycles. The van der Waals surface area contributed by atoms with Crippen molar-refractivity contribution >= 4 is 5.96 Å². The van der Waals surface area contributed by atoms with Crippen LogP contribution in [0.25, 0.3) is 0 Å². The molecule has 2 aliphatic rings. The maximum absolute atomic E-state index is 6.04. The van der Waals surface area contributed by atoms with Crippen molar-refractivity contribution in [1.29, 1.82) is 0 Å². The van der Waals surface area contributed by atoms with Crippen molar-refractivity contribution in [3.05, 3.63) is 47.8 Å². The fourth-order valence-electron chi connectivity index (χ4n) is 4.55. The number of benzene rings is 1. The number of methoxy groups -OCH3 is 1. The number of rotatable bonds is 6. The molecule has 8 nitrogen and oxygen atoms in total. The highest BCUT2D eigenvalue weighted by Crippen LogP contribution is 2.36. The molecule has 1 N–H and O–H groups in total. The predicted molar refractivity (Wildman–Crippen MR) is 124 cm³/mol. The van der Waals surface area contributed by atoms with Crippen LogP contribution in [-0.2, 0) is 21.9 Å². The first-order valence-electron chi connectivity index (χ1n) is 11.5. The van der Waals surface area contributed by atoms with Gasteiger partial charge in [0.2, 0.25) is 0 Å². The van der Waals surface area contributed by atoms with Crippen LogP contribution in [0.3, 0.4) is 0 Å². The highest BCUT2D eigenvalue weighted by molar-refractivity contribution is 5.80. The maximum atomic E-state index is 6.04. The number of aryl methyl sites for hydroxylation is 1. The van der Waals surface area contributed by atoms with Gasteiger partial charge >= 0.3 is 0 Å².